The standard InChI is InChI=1S/C29H24ClN3O4/c1-37-22-12-11-19(30)15-21(22)31-27(34)26-24-23(25-20-10-6-5-9-18(20)13-14-32(25)26)28(35)33(29(24)36)16-17-7-3-2-4-8-17/h2-15,23-26H,16H2,1H3,(H,31,34)/t23-,24+,25-,26-/m0/s1. The van der Waals surface area contributed by atoms with Crippen molar-refractivity contribution in [3.05, 3.63) is 101 Å². The molecule has 2 fully saturated rings. The van der Waals surface area contributed by atoms with Crippen LogP contribution in [-0.2, 0) is 20.9 Å². The lowest BCUT2D eigenvalue weighted by molar-refractivity contribution is -0.143. The highest BCUT2D eigenvalue weighted by atomic mass is 35.5. The highest BCUT2D eigenvalue weighted by molar-refractivity contribution is 6.31. The van der Waals surface area contributed by atoms with Gasteiger partial charge < -0.3 is 15.0 Å². The van der Waals surface area contributed by atoms with Crippen molar-refractivity contribution in [3.63, 3.8) is 0 Å². The van der Waals surface area contributed by atoms with Crippen LogP contribution in [0.25, 0.3) is 6.08 Å². The van der Waals surface area contributed by atoms with Gasteiger partial charge in [0.05, 0.1) is 37.2 Å². The van der Waals surface area contributed by atoms with E-state index < -0.39 is 29.8 Å². The summed E-state index contributed by atoms with van der Waals surface area (Å²) in [5, 5.41) is 3.34. The van der Waals surface area contributed by atoms with Crippen LogP contribution in [0.15, 0.2) is 79.0 Å². The second-order valence-corrected chi connectivity index (χ2v) is 9.85. The van der Waals surface area contributed by atoms with Crippen LogP contribution in [0.2, 0.25) is 5.02 Å². The Morgan fingerprint density at radius 1 is 0.973 bits per heavy atom. The number of amides is 3. The molecule has 3 aliphatic rings. The molecule has 6 rings (SSSR count). The SMILES string of the molecule is COc1ccc(Cl)cc1NC(=O)[C@@H]1[C@@H]2C(=O)N(Cc3ccccc3)C(=O)[C@@H]2[C@@H]2c3ccccc3C=CN12. The highest BCUT2D eigenvalue weighted by Gasteiger charge is 2.64. The summed E-state index contributed by atoms with van der Waals surface area (Å²) in [6, 6.07) is 20.8. The molecule has 3 heterocycles. The fourth-order valence-electron chi connectivity index (χ4n) is 5.83. The number of hydrogen-bond donors (Lipinski definition) is 1. The zero-order chi connectivity index (χ0) is 25.7. The van der Waals surface area contributed by atoms with Crippen LogP contribution in [0, 0.1) is 11.8 Å². The van der Waals surface area contributed by atoms with Crippen LogP contribution < -0.4 is 10.1 Å². The first kappa shape index (κ1) is 23.3. The lowest BCUT2D eigenvalue weighted by Gasteiger charge is -2.35. The van der Waals surface area contributed by atoms with Crippen molar-refractivity contribution in [2.75, 3.05) is 12.4 Å². The summed E-state index contributed by atoms with van der Waals surface area (Å²) < 4.78 is 5.40. The van der Waals surface area contributed by atoms with Crippen molar-refractivity contribution in [2.24, 2.45) is 11.8 Å². The molecule has 3 aromatic rings. The summed E-state index contributed by atoms with van der Waals surface area (Å²) in [4.78, 5) is 44.7. The molecule has 0 aliphatic carbocycles. The Labute approximate surface area is 219 Å². The Balaban J connectivity index is 1.40. The van der Waals surface area contributed by atoms with E-state index in [-0.39, 0.29) is 18.4 Å². The number of benzene rings is 3. The monoisotopic (exact) mass is 513 g/mol. The maximum Gasteiger partial charge on any atom is 0.248 e. The van der Waals surface area contributed by atoms with Gasteiger partial charge in [0.15, 0.2) is 0 Å². The molecule has 3 aliphatic heterocycles. The number of imide groups is 1. The van der Waals surface area contributed by atoms with Crippen molar-refractivity contribution in [1.29, 1.82) is 0 Å². The molecular formula is C29H24ClN3O4. The van der Waals surface area contributed by atoms with E-state index in [1.54, 1.807) is 18.2 Å². The lowest BCUT2D eigenvalue weighted by atomic mass is 9.84. The quantitative estimate of drug-likeness (QED) is 0.508. The molecule has 4 atom stereocenters. The summed E-state index contributed by atoms with van der Waals surface area (Å²) in [6.07, 6.45) is 3.75. The van der Waals surface area contributed by atoms with E-state index in [4.69, 9.17) is 16.3 Å². The summed E-state index contributed by atoms with van der Waals surface area (Å²) in [7, 11) is 1.51. The van der Waals surface area contributed by atoms with Crippen molar-refractivity contribution in [3.8, 4) is 5.75 Å². The number of nitrogens with zero attached hydrogens (tertiary/aromatic N) is 2. The van der Waals surface area contributed by atoms with Crippen molar-refractivity contribution in [2.45, 2.75) is 18.6 Å². The minimum absolute atomic E-state index is 0.173. The van der Waals surface area contributed by atoms with Gasteiger partial charge in [0.1, 0.15) is 11.8 Å². The third-order valence-corrected chi connectivity index (χ3v) is 7.66. The fourth-order valence-corrected chi connectivity index (χ4v) is 6.00. The minimum atomic E-state index is -0.888. The smallest absolute Gasteiger partial charge is 0.248 e. The van der Waals surface area contributed by atoms with Crippen LogP contribution >= 0.6 is 11.6 Å². The summed E-state index contributed by atoms with van der Waals surface area (Å²) >= 11 is 6.18. The summed E-state index contributed by atoms with van der Waals surface area (Å²) in [5.41, 5.74) is 3.16. The number of fused-ring (bicyclic) bond motifs is 5. The number of carbonyl (C=O) groups excluding carboxylic acids is 3. The molecule has 3 amide bonds. The zero-order valence-corrected chi connectivity index (χ0v) is 20.8. The number of methoxy groups -OCH3 is 1. The summed E-state index contributed by atoms with van der Waals surface area (Å²) in [6.45, 7) is 0.173. The minimum Gasteiger partial charge on any atom is -0.495 e. The number of hydrogen-bond acceptors (Lipinski definition) is 5. The van der Waals surface area contributed by atoms with Crippen LogP contribution in [-0.4, -0.2) is 40.7 Å². The van der Waals surface area contributed by atoms with Gasteiger partial charge in [-0.05, 0) is 41.0 Å². The Morgan fingerprint density at radius 3 is 2.49 bits per heavy atom. The average Bonchev–Trinajstić information content (AvgIpc) is 3.38. The highest BCUT2D eigenvalue weighted by Crippen LogP contribution is 2.53. The number of anilines is 1. The molecule has 186 valence electrons. The van der Waals surface area contributed by atoms with E-state index in [9.17, 15) is 14.4 Å². The van der Waals surface area contributed by atoms with Crippen LogP contribution in [0.1, 0.15) is 22.7 Å². The zero-order valence-electron chi connectivity index (χ0n) is 20.0. The first-order valence-electron chi connectivity index (χ1n) is 12.1. The van der Waals surface area contributed by atoms with Crippen LogP contribution in [0.5, 0.6) is 5.75 Å². The Bertz CT molecular complexity index is 1440. The predicted molar refractivity (Wildman–Crippen MR) is 139 cm³/mol. The van der Waals surface area contributed by atoms with E-state index in [1.165, 1.54) is 12.0 Å². The first-order valence-corrected chi connectivity index (χ1v) is 12.4. The van der Waals surface area contributed by atoms with Crippen LogP contribution in [0.3, 0.4) is 0 Å². The van der Waals surface area contributed by atoms with Gasteiger partial charge in [-0.25, -0.2) is 0 Å². The predicted octanol–water partition coefficient (Wildman–Crippen LogP) is 4.50. The summed E-state index contributed by atoms with van der Waals surface area (Å²) in [5.74, 6) is -2.05. The number of ether oxygens (including phenoxy) is 1. The maximum absolute atomic E-state index is 13.9. The molecule has 0 unspecified atom stereocenters. The third kappa shape index (κ3) is 3.78. The molecule has 2 saturated heterocycles. The molecule has 0 saturated carbocycles. The molecule has 3 aromatic carbocycles. The van der Waals surface area contributed by atoms with Crippen LogP contribution in [0.4, 0.5) is 5.69 Å². The van der Waals surface area contributed by atoms with E-state index in [0.717, 1.165) is 16.7 Å². The molecule has 8 heteroatoms. The molecule has 0 aromatic heterocycles. The van der Waals surface area contributed by atoms with Gasteiger partial charge in [0.25, 0.3) is 0 Å². The molecule has 0 radical (unpaired) electrons. The van der Waals surface area contributed by atoms with Gasteiger partial charge in [0.2, 0.25) is 17.7 Å². The molecule has 7 nitrogen and oxygen atoms in total. The largest absolute Gasteiger partial charge is 0.495 e. The van der Waals surface area contributed by atoms with E-state index >= 15 is 0 Å². The molecule has 0 spiro atoms. The van der Waals surface area contributed by atoms with Gasteiger partial charge >= 0.3 is 0 Å². The number of halogens is 1. The van der Waals surface area contributed by atoms with Crippen molar-refractivity contribution < 1.29 is 19.1 Å². The van der Waals surface area contributed by atoms with Crippen molar-refractivity contribution in [1.82, 2.24) is 9.80 Å². The van der Waals surface area contributed by atoms with E-state index in [2.05, 4.69) is 5.32 Å². The first-order chi connectivity index (χ1) is 18.0. The Morgan fingerprint density at radius 2 is 1.70 bits per heavy atom. The molecule has 37 heavy (non-hydrogen) atoms. The van der Waals surface area contributed by atoms with E-state index in [0.29, 0.717) is 16.5 Å². The number of rotatable bonds is 5. The molecule has 0 bridgehead atoms. The number of nitrogens with one attached hydrogen (secondary N) is 1. The number of likely N-dealkylation sites (tertiary alicyclic amines) is 1. The second kappa shape index (κ2) is 9.09. The maximum atomic E-state index is 13.9. The van der Waals surface area contributed by atoms with Gasteiger partial charge in [-0.1, -0.05) is 66.2 Å². The third-order valence-electron chi connectivity index (χ3n) is 7.42. The van der Waals surface area contributed by atoms with Gasteiger partial charge in [0, 0.05) is 11.2 Å². The average molecular weight is 514 g/mol. The Hall–Kier alpha value is -4.10. The van der Waals surface area contributed by atoms with E-state index in [1.807, 2.05) is 71.8 Å². The normalized spacial score (nSPS) is 23.5. The fraction of sp³-hybridized carbons (Fsp3) is 0.207. The Kier molecular flexibility index (Phi) is 5.72. The second-order valence-electron chi connectivity index (χ2n) is 9.42. The molecular weight excluding hydrogens is 490 g/mol. The van der Waals surface area contributed by atoms with Gasteiger partial charge in [-0.3, -0.25) is 19.3 Å². The number of carbonyl (C=O) groups is 3. The van der Waals surface area contributed by atoms with Gasteiger partial charge in [-0.15, -0.1) is 0 Å². The van der Waals surface area contributed by atoms with Gasteiger partial charge in [-0.2, -0.15) is 0 Å². The topological polar surface area (TPSA) is 79.0 Å². The molecule has 1 N–H and O–H groups in total. The van der Waals surface area contributed by atoms with Crippen molar-refractivity contribution >= 4 is 41.1 Å². The lowest BCUT2D eigenvalue weighted by Crippen LogP contribution is -2.46.